The van der Waals surface area contributed by atoms with E-state index in [1.165, 1.54) is 17.7 Å². The summed E-state index contributed by atoms with van der Waals surface area (Å²) in [6, 6.07) is 4.57. The number of allylic oxidation sites excluding steroid dienone is 4. The molecule has 1 amide bonds. The number of aldehydes is 1. The topological polar surface area (TPSA) is 98.7 Å². The SMILES string of the molecule is O=CC1=CCC(C2=CNC(NC(=O)C3(c4ccc(O)c(O)c4)CC3)C=C2)CC1. The second kappa shape index (κ2) is 7.19. The molecule has 2 unspecified atom stereocenters. The Hall–Kier alpha value is -3.02. The van der Waals surface area contributed by atoms with E-state index in [-0.39, 0.29) is 23.6 Å². The van der Waals surface area contributed by atoms with Crippen LogP contribution in [0, 0.1) is 5.92 Å². The number of amides is 1. The van der Waals surface area contributed by atoms with Gasteiger partial charge in [0.05, 0.1) is 5.41 Å². The van der Waals surface area contributed by atoms with Crippen LogP contribution in [-0.2, 0) is 15.0 Å². The first-order chi connectivity index (χ1) is 13.5. The standard InChI is InChI=1S/C22H24N2O4/c25-13-14-1-3-15(4-2-14)16-5-8-20(23-12-16)24-21(28)22(9-10-22)17-6-7-18(26)19(27)11-17/h1,5-8,11-13,15,20,23,26-27H,2-4,9-10H2,(H,24,28). The van der Waals surface area contributed by atoms with Crippen LogP contribution in [0.2, 0.25) is 0 Å². The van der Waals surface area contributed by atoms with Gasteiger partial charge in [0, 0.05) is 6.20 Å². The molecule has 0 saturated heterocycles. The molecule has 1 aromatic carbocycles. The fourth-order valence-corrected chi connectivity index (χ4v) is 3.98. The van der Waals surface area contributed by atoms with Crippen LogP contribution >= 0.6 is 0 Å². The van der Waals surface area contributed by atoms with Crippen molar-refractivity contribution < 1.29 is 19.8 Å². The van der Waals surface area contributed by atoms with Gasteiger partial charge in [-0.3, -0.25) is 9.59 Å². The van der Waals surface area contributed by atoms with Gasteiger partial charge < -0.3 is 20.8 Å². The minimum Gasteiger partial charge on any atom is -0.504 e. The van der Waals surface area contributed by atoms with Crippen LogP contribution in [0.1, 0.15) is 37.7 Å². The first-order valence-corrected chi connectivity index (χ1v) is 9.64. The van der Waals surface area contributed by atoms with Gasteiger partial charge in [-0.2, -0.15) is 0 Å². The summed E-state index contributed by atoms with van der Waals surface area (Å²) in [4.78, 5) is 23.7. The molecule has 1 saturated carbocycles. The Balaban J connectivity index is 1.37. The Kier molecular flexibility index (Phi) is 4.71. The van der Waals surface area contributed by atoms with Crippen LogP contribution in [0.3, 0.4) is 0 Å². The number of nitrogens with one attached hydrogen (secondary N) is 2. The smallest absolute Gasteiger partial charge is 0.232 e. The molecular formula is C22H24N2O4. The van der Waals surface area contributed by atoms with E-state index in [0.29, 0.717) is 18.8 Å². The number of aromatic hydroxyl groups is 2. The monoisotopic (exact) mass is 380 g/mol. The van der Waals surface area contributed by atoms with Crippen molar-refractivity contribution in [1.82, 2.24) is 10.6 Å². The van der Waals surface area contributed by atoms with E-state index in [4.69, 9.17) is 0 Å². The molecule has 2 aliphatic carbocycles. The molecule has 4 rings (SSSR count). The molecule has 0 radical (unpaired) electrons. The summed E-state index contributed by atoms with van der Waals surface area (Å²) in [5, 5.41) is 25.5. The van der Waals surface area contributed by atoms with E-state index >= 15 is 0 Å². The fraction of sp³-hybridized carbons (Fsp3) is 0.364. The third-order valence-corrected chi connectivity index (χ3v) is 5.98. The first-order valence-electron chi connectivity index (χ1n) is 9.64. The first kappa shape index (κ1) is 18.3. The van der Waals surface area contributed by atoms with Crippen LogP contribution in [0.5, 0.6) is 11.5 Å². The van der Waals surface area contributed by atoms with Crippen molar-refractivity contribution in [3.05, 3.63) is 59.3 Å². The van der Waals surface area contributed by atoms with E-state index in [1.54, 1.807) is 6.07 Å². The predicted molar refractivity (Wildman–Crippen MR) is 104 cm³/mol. The maximum absolute atomic E-state index is 12.9. The second-order valence-corrected chi connectivity index (χ2v) is 7.78. The molecule has 1 aromatic rings. The van der Waals surface area contributed by atoms with Gasteiger partial charge in [-0.15, -0.1) is 0 Å². The number of dihydropyridines is 1. The maximum Gasteiger partial charge on any atom is 0.232 e. The highest BCUT2D eigenvalue weighted by molar-refractivity contribution is 5.91. The lowest BCUT2D eigenvalue weighted by Crippen LogP contribution is -2.47. The van der Waals surface area contributed by atoms with Gasteiger partial charge in [0.1, 0.15) is 12.5 Å². The van der Waals surface area contributed by atoms with Gasteiger partial charge in [0.25, 0.3) is 0 Å². The molecule has 1 aliphatic heterocycles. The molecule has 28 heavy (non-hydrogen) atoms. The Morgan fingerprint density at radius 2 is 2.07 bits per heavy atom. The summed E-state index contributed by atoms with van der Waals surface area (Å²) in [7, 11) is 0. The lowest BCUT2D eigenvalue weighted by atomic mass is 9.84. The minimum absolute atomic E-state index is 0.0900. The van der Waals surface area contributed by atoms with Crippen molar-refractivity contribution >= 4 is 12.2 Å². The number of rotatable bonds is 5. The number of benzene rings is 1. The Labute approximate surface area is 163 Å². The van der Waals surface area contributed by atoms with Crippen molar-refractivity contribution in [1.29, 1.82) is 0 Å². The zero-order valence-electron chi connectivity index (χ0n) is 15.5. The van der Waals surface area contributed by atoms with Crippen molar-refractivity contribution in [3.8, 4) is 11.5 Å². The van der Waals surface area contributed by atoms with Crippen LogP contribution in [0.4, 0.5) is 0 Å². The summed E-state index contributed by atoms with van der Waals surface area (Å²) < 4.78 is 0. The fourth-order valence-electron chi connectivity index (χ4n) is 3.98. The van der Waals surface area contributed by atoms with Crippen LogP contribution in [0.25, 0.3) is 0 Å². The molecule has 0 spiro atoms. The van der Waals surface area contributed by atoms with E-state index in [9.17, 15) is 19.8 Å². The van der Waals surface area contributed by atoms with E-state index < -0.39 is 5.41 Å². The third-order valence-electron chi connectivity index (χ3n) is 5.98. The van der Waals surface area contributed by atoms with Crippen LogP contribution in [0.15, 0.2) is 53.8 Å². The Morgan fingerprint density at radius 3 is 2.64 bits per heavy atom. The van der Waals surface area contributed by atoms with Crippen molar-refractivity contribution in [2.24, 2.45) is 5.92 Å². The van der Waals surface area contributed by atoms with Crippen molar-refractivity contribution in [3.63, 3.8) is 0 Å². The van der Waals surface area contributed by atoms with Crippen molar-refractivity contribution in [2.45, 2.75) is 43.7 Å². The number of hydrogen-bond acceptors (Lipinski definition) is 5. The molecule has 0 bridgehead atoms. The Bertz CT molecular complexity index is 896. The maximum atomic E-state index is 12.9. The average Bonchev–Trinajstić information content (AvgIpc) is 3.53. The molecule has 6 nitrogen and oxygen atoms in total. The number of carbonyl (C=O) groups is 2. The lowest BCUT2D eigenvalue weighted by Gasteiger charge is -2.27. The molecular weight excluding hydrogens is 356 g/mol. The second-order valence-electron chi connectivity index (χ2n) is 7.78. The number of phenols is 2. The average molecular weight is 380 g/mol. The van der Waals surface area contributed by atoms with Gasteiger partial charge in [0.2, 0.25) is 5.91 Å². The normalized spacial score (nSPS) is 25.1. The van der Waals surface area contributed by atoms with Crippen LogP contribution in [-0.4, -0.2) is 28.6 Å². The van der Waals surface area contributed by atoms with Gasteiger partial charge in [0.15, 0.2) is 11.5 Å². The summed E-state index contributed by atoms with van der Waals surface area (Å²) in [6.07, 6.45) is 12.6. The predicted octanol–water partition coefficient (Wildman–Crippen LogP) is 2.54. The highest BCUT2D eigenvalue weighted by Gasteiger charge is 2.51. The minimum atomic E-state index is -0.635. The summed E-state index contributed by atoms with van der Waals surface area (Å²) in [5.41, 5.74) is 2.14. The number of hydrogen-bond donors (Lipinski definition) is 4. The summed E-state index contributed by atoms with van der Waals surface area (Å²) in [6.45, 7) is 0. The quantitative estimate of drug-likeness (QED) is 0.465. The Morgan fingerprint density at radius 1 is 1.25 bits per heavy atom. The lowest BCUT2D eigenvalue weighted by molar-refractivity contribution is -0.124. The van der Waals surface area contributed by atoms with Gasteiger partial charge >= 0.3 is 0 Å². The van der Waals surface area contributed by atoms with Gasteiger partial charge in [-0.1, -0.05) is 18.2 Å². The molecule has 0 aromatic heterocycles. The molecule has 1 fully saturated rings. The molecule has 3 aliphatic rings. The van der Waals surface area contributed by atoms with Crippen molar-refractivity contribution in [2.75, 3.05) is 0 Å². The molecule has 1 heterocycles. The third kappa shape index (κ3) is 3.42. The molecule has 2 atom stereocenters. The van der Waals surface area contributed by atoms with Crippen LogP contribution < -0.4 is 10.6 Å². The molecule has 6 heteroatoms. The van der Waals surface area contributed by atoms with E-state index in [0.717, 1.165) is 36.7 Å². The largest absolute Gasteiger partial charge is 0.504 e. The zero-order chi connectivity index (χ0) is 19.7. The van der Waals surface area contributed by atoms with E-state index in [2.05, 4.69) is 10.6 Å². The zero-order valence-corrected chi connectivity index (χ0v) is 15.5. The van der Waals surface area contributed by atoms with E-state index in [1.807, 2.05) is 24.4 Å². The highest BCUT2D eigenvalue weighted by Crippen LogP contribution is 2.50. The van der Waals surface area contributed by atoms with Gasteiger partial charge in [-0.25, -0.2) is 0 Å². The number of carbonyl (C=O) groups excluding carboxylic acids is 2. The number of phenolic OH excluding ortho intramolecular Hbond substituents is 2. The summed E-state index contributed by atoms with van der Waals surface area (Å²) >= 11 is 0. The molecule has 4 N–H and O–H groups in total. The highest BCUT2D eigenvalue weighted by atomic mass is 16.3. The van der Waals surface area contributed by atoms with Gasteiger partial charge in [-0.05, 0) is 72.9 Å². The molecule has 146 valence electrons. The summed E-state index contributed by atoms with van der Waals surface area (Å²) in [5.74, 6) is -0.0990.